The van der Waals surface area contributed by atoms with Crippen LogP contribution < -0.4 is 5.73 Å². The number of morpholine rings is 1. The summed E-state index contributed by atoms with van der Waals surface area (Å²) < 4.78 is 5.59. The van der Waals surface area contributed by atoms with Gasteiger partial charge in [-0.05, 0) is 26.7 Å². The minimum absolute atomic E-state index is 0.396. The van der Waals surface area contributed by atoms with Gasteiger partial charge in [-0.15, -0.1) is 0 Å². The summed E-state index contributed by atoms with van der Waals surface area (Å²) in [6.07, 6.45) is 2.75. The second kappa shape index (κ2) is 3.56. The molecule has 1 aliphatic heterocycles. The number of hydrogen-bond acceptors (Lipinski definition) is 3. The summed E-state index contributed by atoms with van der Waals surface area (Å²) in [6.45, 7) is 6.36. The molecule has 0 aromatic rings. The molecule has 1 saturated carbocycles. The smallest absolute Gasteiger partial charge is 0.0674 e. The lowest BCUT2D eigenvalue weighted by atomic mass is 9.85. The Kier molecular flexibility index (Phi) is 2.58. The van der Waals surface area contributed by atoms with Crippen molar-refractivity contribution in [3.05, 3.63) is 0 Å². The van der Waals surface area contributed by atoms with Gasteiger partial charge >= 0.3 is 0 Å². The van der Waals surface area contributed by atoms with Gasteiger partial charge in [0.25, 0.3) is 0 Å². The van der Waals surface area contributed by atoms with Crippen molar-refractivity contribution in [2.24, 2.45) is 5.73 Å². The van der Waals surface area contributed by atoms with Gasteiger partial charge in [-0.3, -0.25) is 4.90 Å². The van der Waals surface area contributed by atoms with Crippen LogP contribution in [0.3, 0.4) is 0 Å². The van der Waals surface area contributed by atoms with E-state index in [2.05, 4.69) is 18.7 Å². The third kappa shape index (κ3) is 1.87. The highest BCUT2D eigenvalue weighted by Gasteiger charge is 2.36. The van der Waals surface area contributed by atoms with Gasteiger partial charge in [0.15, 0.2) is 0 Å². The molecular weight excluding hydrogens is 164 g/mol. The lowest BCUT2D eigenvalue weighted by Crippen LogP contribution is -2.58. The molecule has 2 rings (SSSR count). The fraction of sp³-hybridized carbons (Fsp3) is 1.00. The van der Waals surface area contributed by atoms with Gasteiger partial charge in [-0.25, -0.2) is 0 Å². The van der Waals surface area contributed by atoms with Crippen molar-refractivity contribution in [3.63, 3.8) is 0 Å². The predicted octanol–water partition coefficient (Wildman–Crippen LogP) is 0.585. The summed E-state index contributed by atoms with van der Waals surface area (Å²) >= 11 is 0. The van der Waals surface area contributed by atoms with Crippen LogP contribution in [0, 0.1) is 0 Å². The summed E-state index contributed by atoms with van der Waals surface area (Å²) in [6, 6.07) is 1.76. The molecule has 0 aromatic carbocycles. The van der Waals surface area contributed by atoms with Gasteiger partial charge < -0.3 is 10.5 Å². The van der Waals surface area contributed by atoms with Crippen molar-refractivity contribution in [1.29, 1.82) is 0 Å². The highest BCUT2D eigenvalue weighted by Crippen LogP contribution is 2.27. The molecule has 0 amide bonds. The second-order valence-corrected chi connectivity index (χ2v) is 4.58. The normalized spacial score (nSPS) is 47.3. The molecule has 3 nitrogen and oxygen atoms in total. The molecule has 2 atom stereocenters. The van der Waals surface area contributed by atoms with Crippen LogP contribution in [0.1, 0.15) is 26.7 Å². The molecule has 1 heterocycles. The molecule has 0 radical (unpaired) electrons. The maximum atomic E-state index is 5.80. The standard InChI is InChI=1S/C10H20N2O/c1-7-6-13-8(2)5-12(7)10-3-9(11)4-10/h7-10H,3-6,11H2,1-2H3. The van der Waals surface area contributed by atoms with E-state index in [4.69, 9.17) is 10.5 Å². The summed E-state index contributed by atoms with van der Waals surface area (Å²) in [4.78, 5) is 2.57. The lowest BCUT2D eigenvalue weighted by Gasteiger charge is -2.47. The van der Waals surface area contributed by atoms with Gasteiger partial charge in [0.2, 0.25) is 0 Å². The molecule has 76 valence electrons. The average Bonchev–Trinajstić information content (AvgIpc) is 2.04. The van der Waals surface area contributed by atoms with Gasteiger partial charge in [0, 0.05) is 24.7 Å². The van der Waals surface area contributed by atoms with Crippen LogP contribution in [0.5, 0.6) is 0 Å². The van der Waals surface area contributed by atoms with Crippen LogP contribution in [0.2, 0.25) is 0 Å². The Morgan fingerprint density at radius 2 is 2.00 bits per heavy atom. The van der Waals surface area contributed by atoms with Crippen LogP contribution in [-0.4, -0.2) is 42.3 Å². The van der Waals surface area contributed by atoms with Gasteiger partial charge in [0.1, 0.15) is 0 Å². The number of nitrogens with zero attached hydrogens (tertiary/aromatic N) is 1. The molecule has 2 aliphatic rings. The SMILES string of the molecule is CC1CN(C2CC(N)C2)C(C)CO1. The van der Waals surface area contributed by atoms with E-state index in [-0.39, 0.29) is 0 Å². The molecule has 0 aromatic heterocycles. The van der Waals surface area contributed by atoms with Crippen LogP contribution in [0.15, 0.2) is 0 Å². The summed E-state index contributed by atoms with van der Waals surface area (Å²) in [5, 5.41) is 0. The predicted molar refractivity (Wildman–Crippen MR) is 52.6 cm³/mol. The largest absolute Gasteiger partial charge is 0.376 e. The van der Waals surface area contributed by atoms with E-state index in [1.807, 2.05) is 0 Å². The number of nitrogens with two attached hydrogens (primary N) is 1. The van der Waals surface area contributed by atoms with Gasteiger partial charge in [0.05, 0.1) is 12.7 Å². The molecule has 0 spiro atoms. The summed E-state index contributed by atoms with van der Waals surface area (Å²) in [5.74, 6) is 0. The Balaban J connectivity index is 1.89. The zero-order chi connectivity index (χ0) is 9.42. The van der Waals surface area contributed by atoms with E-state index in [0.717, 1.165) is 19.2 Å². The molecule has 2 unspecified atom stereocenters. The van der Waals surface area contributed by atoms with Crippen molar-refractivity contribution in [1.82, 2.24) is 4.90 Å². The highest BCUT2D eigenvalue weighted by atomic mass is 16.5. The summed E-state index contributed by atoms with van der Waals surface area (Å²) in [5.41, 5.74) is 5.80. The van der Waals surface area contributed by atoms with Crippen LogP contribution in [0.4, 0.5) is 0 Å². The minimum Gasteiger partial charge on any atom is -0.376 e. The maximum absolute atomic E-state index is 5.80. The van der Waals surface area contributed by atoms with Crippen molar-refractivity contribution in [3.8, 4) is 0 Å². The first-order valence-corrected chi connectivity index (χ1v) is 5.29. The van der Waals surface area contributed by atoms with Crippen molar-refractivity contribution < 1.29 is 4.74 Å². The molecule has 2 fully saturated rings. The molecule has 0 bridgehead atoms. The van der Waals surface area contributed by atoms with Crippen molar-refractivity contribution in [2.45, 2.75) is 50.9 Å². The van der Waals surface area contributed by atoms with E-state index in [9.17, 15) is 0 Å². The van der Waals surface area contributed by atoms with Crippen molar-refractivity contribution >= 4 is 0 Å². The van der Waals surface area contributed by atoms with Crippen LogP contribution in [-0.2, 0) is 4.74 Å². The molecular formula is C10H20N2O. The highest BCUT2D eigenvalue weighted by molar-refractivity contribution is 4.93. The Morgan fingerprint density at radius 3 is 2.62 bits per heavy atom. The number of rotatable bonds is 1. The monoisotopic (exact) mass is 184 g/mol. The van der Waals surface area contributed by atoms with Gasteiger partial charge in [-0.1, -0.05) is 0 Å². The number of ether oxygens (including phenoxy) is 1. The Bertz CT molecular complexity index is 180. The zero-order valence-electron chi connectivity index (χ0n) is 8.57. The second-order valence-electron chi connectivity index (χ2n) is 4.58. The molecule has 1 saturated heterocycles. The zero-order valence-corrected chi connectivity index (χ0v) is 8.57. The van der Waals surface area contributed by atoms with E-state index in [0.29, 0.717) is 18.2 Å². The van der Waals surface area contributed by atoms with E-state index in [1.165, 1.54) is 12.8 Å². The number of hydrogen-bond donors (Lipinski definition) is 1. The Morgan fingerprint density at radius 1 is 1.31 bits per heavy atom. The van der Waals surface area contributed by atoms with Crippen molar-refractivity contribution in [2.75, 3.05) is 13.2 Å². The molecule has 13 heavy (non-hydrogen) atoms. The van der Waals surface area contributed by atoms with Crippen LogP contribution in [0.25, 0.3) is 0 Å². The first-order chi connectivity index (χ1) is 6.16. The quantitative estimate of drug-likeness (QED) is 0.648. The van der Waals surface area contributed by atoms with E-state index in [1.54, 1.807) is 0 Å². The fourth-order valence-electron chi connectivity index (χ4n) is 2.34. The molecule has 1 aliphatic carbocycles. The molecule has 2 N–H and O–H groups in total. The lowest BCUT2D eigenvalue weighted by molar-refractivity contribution is -0.0807. The average molecular weight is 184 g/mol. The minimum atomic E-state index is 0.396. The summed E-state index contributed by atoms with van der Waals surface area (Å²) in [7, 11) is 0. The molecule has 3 heteroatoms. The Hall–Kier alpha value is -0.120. The van der Waals surface area contributed by atoms with Gasteiger partial charge in [-0.2, -0.15) is 0 Å². The van der Waals surface area contributed by atoms with E-state index >= 15 is 0 Å². The van der Waals surface area contributed by atoms with Crippen LogP contribution >= 0.6 is 0 Å². The third-order valence-corrected chi connectivity index (χ3v) is 3.27. The third-order valence-electron chi connectivity index (χ3n) is 3.27. The first-order valence-electron chi connectivity index (χ1n) is 5.29. The maximum Gasteiger partial charge on any atom is 0.0674 e. The fourth-order valence-corrected chi connectivity index (χ4v) is 2.34. The first kappa shape index (κ1) is 9.44. The van der Waals surface area contributed by atoms with E-state index < -0.39 is 0 Å². The topological polar surface area (TPSA) is 38.5 Å². The Labute approximate surface area is 80.2 Å².